The van der Waals surface area contributed by atoms with Crippen LogP contribution in [-0.2, 0) is 14.8 Å². The molecule has 0 spiro atoms. The second kappa shape index (κ2) is 10.9. The summed E-state index contributed by atoms with van der Waals surface area (Å²) in [5.74, 6) is 2.46. The van der Waals surface area contributed by atoms with Crippen LogP contribution in [-0.4, -0.2) is 48.5 Å². The maximum Gasteiger partial charge on any atom is 0.421 e. The van der Waals surface area contributed by atoms with Crippen molar-refractivity contribution < 1.29 is 28.2 Å². The average Bonchev–Trinajstić information content (AvgIpc) is 3.24. The third-order valence-electron chi connectivity index (χ3n) is 11.6. The molecule has 4 aliphatic carbocycles. The fourth-order valence-electron chi connectivity index (χ4n) is 9.73. The first-order valence-electron chi connectivity index (χ1n) is 15.0. The van der Waals surface area contributed by atoms with Gasteiger partial charge in [-0.3, -0.25) is 0 Å². The van der Waals surface area contributed by atoms with E-state index < -0.39 is 16.1 Å². The number of nitrogens with zero attached hydrogens (tertiary/aromatic N) is 1. The molecule has 9 heteroatoms. The first-order chi connectivity index (χ1) is 18.5. The summed E-state index contributed by atoms with van der Waals surface area (Å²) in [5, 5.41) is 22.1. The second-order valence-corrected chi connectivity index (χ2v) is 14.9. The number of nitrogens with one attached hydrogen (secondary N) is 1. The van der Waals surface area contributed by atoms with Crippen molar-refractivity contribution in [2.45, 2.75) is 102 Å². The topological polar surface area (TPSA) is 126 Å². The van der Waals surface area contributed by atoms with Crippen molar-refractivity contribution in [1.82, 2.24) is 9.71 Å². The van der Waals surface area contributed by atoms with E-state index in [1.807, 2.05) is 4.72 Å². The molecule has 0 radical (unpaired) electrons. The number of aromatic nitrogens is 1. The minimum absolute atomic E-state index is 0.155. The fourth-order valence-corrected chi connectivity index (χ4v) is 10.6. The SMILES string of the molecule is CC[C@H]1[C@@H](O)[C@@H]2[C@H](CC[C@]3(C)[C@@H](CCCOC(=O)NS(=O)(=O)c4ccccn4)CC[C@@H]23)[C@@]2(C)CC[C@@H](O)C[C@@H]12. The van der Waals surface area contributed by atoms with Gasteiger partial charge in [-0.1, -0.05) is 33.3 Å². The maximum absolute atomic E-state index is 12.3. The van der Waals surface area contributed by atoms with Gasteiger partial charge in [0.2, 0.25) is 0 Å². The van der Waals surface area contributed by atoms with Gasteiger partial charge in [0, 0.05) is 6.20 Å². The molecule has 0 aromatic carbocycles. The summed E-state index contributed by atoms with van der Waals surface area (Å²) < 4.78 is 31.7. The maximum atomic E-state index is 12.3. The number of carbonyl (C=O) groups is 1. The highest BCUT2D eigenvalue weighted by Gasteiger charge is 2.64. The number of rotatable bonds is 7. The van der Waals surface area contributed by atoms with Gasteiger partial charge in [0.15, 0.2) is 5.03 Å². The van der Waals surface area contributed by atoms with E-state index in [0.717, 1.165) is 57.8 Å². The van der Waals surface area contributed by atoms with Crippen molar-refractivity contribution >= 4 is 16.1 Å². The lowest BCUT2D eigenvalue weighted by molar-refractivity contribution is -0.202. The predicted molar refractivity (Wildman–Crippen MR) is 147 cm³/mol. The molecule has 1 aromatic rings. The van der Waals surface area contributed by atoms with Gasteiger partial charge >= 0.3 is 6.09 Å². The van der Waals surface area contributed by atoms with Crippen molar-refractivity contribution in [3.63, 3.8) is 0 Å². The fraction of sp³-hybridized carbons (Fsp3) is 0.800. The van der Waals surface area contributed by atoms with Crippen LogP contribution in [0.4, 0.5) is 4.79 Å². The number of aliphatic hydroxyl groups is 2. The number of sulfonamides is 1. The number of carbonyl (C=O) groups excluding carboxylic acids is 1. The minimum Gasteiger partial charge on any atom is -0.449 e. The van der Waals surface area contributed by atoms with Gasteiger partial charge in [0.25, 0.3) is 10.0 Å². The molecule has 0 aliphatic heterocycles. The van der Waals surface area contributed by atoms with Crippen LogP contribution in [0.3, 0.4) is 0 Å². The molecule has 5 rings (SSSR count). The monoisotopic (exact) mass is 562 g/mol. The molecule has 1 aromatic heterocycles. The summed E-state index contributed by atoms with van der Waals surface area (Å²) in [7, 11) is -4.05. The Bertz CT molecular complexity index is 1130. The Morgan fingerprint density at radius 3 is 2.54 bits per heavy atom. The van der Waals surface area contributed by atoms with Crippen LogP contribution in [0, 0.1) is 46.3 Å². The third-order valence-corrected chi connectivity index (χ3v) is 12.9. The van der Waals surface area contributed by atoms with Crippen LogP contribution in [0.5, 0.6) is 0 Å². The number of hydrogen-bond acceptors (Lipinski definition) is 7. The van der Waals surface area contributed by atoms with E-state index in [-0.39, 0.29) is 40.6 Å². The van der Waals surface area contributed by atoms with E-state index in [9.17, 15) is 23.4 Å². The highest BCUT2D eigenvalue weighted by Crippen LogP contribution is 2.69. The Labute approximate surface area is 233 Å². The lowest BCUT2D eigenvalue weighted by atomic mass is 9.41. The van der Waals surface area contributed by atoms with Gasteiger partial charge in [-0.2, -0.15) is 8.42 Å². The van der Waals surface area contributed by atoms with Crippen molar-refractivity contribution in [1.29, 1.82) is 0 Å². The van der Waals surface area contributed by atoms with Gasteiger partial charge in [-0.25, -0.2) is 14.5 Å². The molecular formula is C30H46N2O6S. The standard InChI is InChI=1S/C30H46N2O6S/c1-4-21-24-18-20(33)12-14-30(24,3)23-13-15-29(2)19(10-11-22(29)26(23)27(21)34)8-7-17-38-28(35)32-39(36,37)25-9-5-6-16-31-25/h5-6,9,16,19-24,26-27,33-34H,4,7-8,10-15,17-18H2,1-3H3,(H,32,35)/t19-,20+,21+,22-,23-,24-,26-,27+,29+,30+/m0/s1. The zero-order valence-corrected chi connectivity index (χ0v) is 24.4. The van der Waals surface area contributed by atoms with E-state index in [0.29, 0.717) is 36.0 Å². The van der Waals surface area contributed by atoms with Gasteiger partial charge in [-0.15, -0.1) is 0 Å². The van der Waals surface area contributed by atoms with Gasteiger partial charge in [-0.05, 0) is 116 Å². The quantitative estimate of drug-likeness (QED) is 0.404. The first-order valence-corrected chi connectivity index (χ1v) is 16.5. The molecule has 4 aliphatic rings. The minimum atomic E-state index is -4.05. The summed E-state index contributed by atoms with van der Waals surface area (Å²) in [6.45, 7) is 7.24. The van der Waals surface area contributed by atoms with Gasteiger partial charge in [0.1, 0.15) is 0 Å². The molecule has 8 nitrogen and oxygen atoms in total. The van der Waals surface area contributed by atoms with Crippen LogP contribution in [0.2, 0.25) is 0 Å². The van der Waals surface area contributed by atoms with E-state index >= 15 is 0 Å². The Morgan fingerprint density at radius 1 is 1.08 bits per heavy atom. The van der Waals surface area contributed by atoms with E-state index in [1.165, 1.54) is 12.3 Å². The van der Waals surface area contributed by atoms with Crippen molar-refractivity contribution in [2.24, 2.45) is 46.3 Å². The Hall–Kier alpha value is -1.71. The number of amides is 1. The van der Waals surface area contributed by atoms with Crippen LogP contribution < -0.4 is 4.72 Å². The third kappa shape index (κ3) is 5.12. The molecule has 0 unspecified atom stereocenters. The molecule has 218 valence electrons. The lowest BCUT2D eigenvalue weighted by Crippen LogP contribution is -2.62. The molecular weight excluding hydrogens is 516 g/mol. The molecule has 10 atom stereocenters. The van der Waals surface area contributed by atoms with E-state index in [1.54, 1.807) is 12.1 Å². The largest absolute Gasteiger partial charge is 0.449 e. The number of hydrogen-bond donors (Lipinski definition) is 3. The molecule has 1 heterocycles. The Morgan fingerprint density at radius 2 is 1.82 bits per heavy atom. The summed E-state index contributed by atoms with van der Waals surface area (Å²) >= 11 is 0. The molecule has 0 saturated heterocycles. The number of pyridine rings is 1. The highest BCUT2D eigenvalue weighted by atomic mass is 32.2. The zero-order valence-electron chi connectivity index (χ0n) is 23.6. The van der Waals surface area contributed by atoms with E-state index in [2.05, 4.69) is 25.8 Å². The van der Waals surface area contributed by atoms with Crippen LogP contribution in [0.25, 0.3) is 0 Å². The molecule has 4 fully saturated rings. The van der Waals surface area contributed by atoms with Crippen molar-refractivity contribution in [3.8, 4) is 0 Å². The highest BCUT2D eigenvalue weighted by molar-refractivity contribution is 7.90. The lowest BCUT2D eigenvalue weighted by Gasteiger charge is -2.64. The summed E-state index contributed by atoms with van der Waals surface area (Å²) in [4.78, 5) is 15.9. The van der Waals surface area contributed by atoms with Crippen LogP contribution in [0.15, 0.2) is 29.4 Å². The average molecular weight is 563 g/mol. The predicted octanol–water partition coefficient (Wildman–Crippen LogP) is 4.90. The normalized spacial score (nSPS) is 41.7. The summed E-state index contributed by atoms with van der Waals surface area (Å²) in [6, 6.07) is 4.47. The smallest absolute Gasteiger partial charge is 0.421 e. The van der Waals surface area contributed by atoms with Crippen LogP contribution >= 0.6 is 0 Å². The van der Waals surface area contributed by atoms with Gasteiger partial charge in [0.05, 0.1) is 18.8 Å². The second-order valence-electron chi connectivity index (χ2n) is 13.3. The first kappa shape index (κ1) is 28.8. The summed E-state index contributed by atoms with van der Waals surface area (Å²) in [5.41, 5.74) is 0.350. The van der Waals surface area contributed by atoms with Gasteiger partial charge < -0.3 is 14.9 Å². The molecule has 0 bridgehead atoms. The zero-order chi connectivity index (χ0) is 28.0. The number of aliphatic hydroxyl groups excluding tert-OH is 2. The Balaban J connectivity index is 1.19. The van der Waals surface area contributed by atoms with Crippen LogP contribution in [0.1, 0.15) is 85.0 Å². The summed E-state index contributed by atoms with van der Waals surface area (Å²) in [6.07, 6.45) is 9.70. The molecule has 39 heavy (non-hydrogen) atoms. The number of fused-ring (bicyclic) bond motifs is 5. The van der Waals surface area contributed by atoms with E-state index in [4.69, 9.17) is 4.74 Å². The molecule has 3 N–H and O–H groups in total. The molecule has 1 amide bonds. The number of ether oxygens (including phenoxy) is 1. The van der Waals surface area contributed by atoms with Crippen molar-refractivity contribution in [2.75, 3.05) is 6.61 Å². The van der Waals surface area contributed by atoms with Crippen molar-refractivity contribution in [3.05, 3.63) is 24.4 Å². The molecule has 4 saturated carbocycles. The Kier molecular flexibility index (Phi) is 8.08.